The Labute approximate surface area is 255 Å². The number of carboxylic acid groups (broad SMARTS) is 1. The number of fused-ring (bicyclic) bond motifs is 2. The van der Waals surface area contributed by atoms with E-state index in [0.29, 0.717) is 5.56 Å². The molecule has 2 aliphatic rings. The Kier molecular flexibility index (Phi) is 10.3. The molecule has 9 nitrogen and oxygen atoms in total. The van der Waals surface area contributed by atoms with E-state index in [2.05, 4.69) is 69.2 Å². The van der Waals surface area contributed by atoms with E-state index in [0.717, 1.165) is 57.4 Å². The predicted octanol–water partition coefficient (Wildman–Crippen LogP) is 5.84. The number of pyridine rings is 4. The van der Waals surface area contributed by atoms with Gasteiger partial charge in [-0.25, -0.2) is 4.79 Å². The molecule has 2 aliphatic carbocycles. The van der Waals surface area contributed by atoms with Crippen LogP contribution in [0, 0.1) is 13.8 Å². The number of hydrogen-bond acceptors (Lipinski definition) is 7. The van der Waals surface area contributed by atoms with Gasteiger partial charge in [0.05, 0.1) is 23.0 Å². The van der Waals surface area contributed by atoms with Crippen molar-refractivity contribution in [3.8, 4) is 0 Å². The third kappa shape index (κ3) is 8.25. The van der Waals surface area contributed by atoms with Crippen molar-refractivity contribution in [3.63, 3.8) is 0 Å². The first-order valence-corrected chi connectivity index (χ1v) is 14.6. The Morgan fingerprint density at radius 3 is 1.95 bits per heavy atom. The second kappa shape index (κ2) is 13.9. The van der Waals surface area contributed by atoms with Crippen molar-refractivity contribution in [2.24, 2.45) is 5.73 Å². The number of aromatic carboxylic acids is 1. The van der Waals surface area contributed by atoms with Crippen LogP contribution in [0.15, 0.2) is 70.1 Å². The molecule has 0 aliphatic heterocycles. The minimum Gasteiger partial charge on any atom is -0.478 e. The Bertz CT molecular complexity index is 1570. The molecular formula is C30H30Br2N6O3. The fourth-order valence-corrected chi connectivity index (χ4v) is 5.42. The van der Waals surface area contributed by atoms with E-state index in [-0.39, 0.29) is 23.6 Å². The third-order valence-electron chi connectivity index (χ3n) is 6.65. The van der Waals surface area contributed by atoms with Gasteiger partial charge in [0, 0.05) is 56.7 Å². The minimum atomic E-state index is -0.912. The summed E-state index contributed by atoms with van der Waals surface area (Å²) >= 11 is 6.81. The van der Waals surface area contributed by atoms with Gasteiger partial charge in [0.1, 0.15) is 0 Å². The zero-order valence-corrected chi connectivity index (χ0v) is 25.8. The second-order valence-electron chi connectivity index (χ2n) is 9.78. The summed E-state index contributed by atoms with van der Waals surface area (Å²) in [5, 5.41) is 11.5. The molecule has 41 heavy (non-hydrogen) atoms. The SMILES string of the molecule is Cc1cc(C(=O)NC2CCc3cc(Br)cnc32)ccn1.Cc1cc(C(=O)O)ccn1.NC1CCc2cc(Br)cnc21. The molecule has 0 aromatic carbocycles. The summed E-state index contributed by atoms with van der Waals surface area (Å²) in [6.45, 7) is 3.63. The van der Waals surface area contributed by atoms with E-state index in [9.17, 15) is 9.59 Å². The molecule has 11 heteroatoms. The Hall–Kier alpha value is -3.54. The predicted molar refractivity (Wildman–Crippen MR) is 163 cm³/mol. The monoisotopic (exact) mass is 680 g/mol. The van der Waals surface area contributed by atoms with E-state index in [4.69, 9.17) is 10.8 Å². The number of halogens is 2. The van der Waals surface area contributed by atoms with Crippen LogP contribution in [0.5, 0.6) is 0 Å². The molecule has 0 fully saturated rings. The molecule has 0 radical (unpaired) electrons. The summed E-state index contributed by atoms with van der Waals surface area (Å²) < 4.78 is 2.03. The summed E-state index contributed by atoms with van der Waals surface area (Å²) in [5.41, 5.74) is 12.9. The highest BCUT2D eigenvalue weighted by Gasteiger charge is 2.26. The van der Waals surface area contributed by atoms with Crippen LogP contribution >= 0.6 is 31.9 Å². The highest BCUT2D eigenvalue weighted by molar-refractivity contribution is 9.10. The van der Waals surface area contributed by atoms with Crippen molar-refractivity contribution in [1.29, 1.82) is 0 Å². The number of aryl methyl sites for hydroxylation is 4. The molecule has 1 amide bonds. The number of carboxylic acids is 1. The topological polar surface area (TPSA) is 144 Å². The van der Waals surface area contributed by atoms with Gasteiger partial charge in [-0.05, 0) is 119 Å². The van der Waals surface area contributed by atoms with Gasteiger partial charge < -0.3 is 16.2 Å². The van der Waals surface area contributed by atoms with Crippen LogP contribution in [0.4, 0.5) is 0 Å². The molecule has 0 saturated carbocycles. The molecule has 0 bridgehead atoms. The molecule has 0 spiro atoms. The van der Waals surface area contributed by atoms with Crippen molar-refractivity contribution in [2.75, 3.05) is 0 Å². The smallest absolute Gasteiger partial charge is 0.335 e. The highest BCUT2D eigenvalue weighted by atomic mass is 79.9. The van der Waals surface area contributed by atoms with Crippen molar-refractivity contribution in [2.45, 2.75) is 51.6 Å². The lowest BCUT2D eigenvalue weighted by atomic mass is 10.1. The van der Waals surface area contributed by atoms with Gasteiger partial charge >= 0.3 is 5.97 Å². The molecule has 6 rings (SSSR count). The summed E-state index contributed by atoms with van der Waals surface area (Å²) in [6.07, 6.45) is 10.7. The molecule has 212 valence electrons. The van der Waals surface area contributed by atoms with Crippen LogP contribution in [0.1, 0.15) is 79.5 Å². The third-order valence-corrected chi connectivity index (χ3v) is 7.52. The number of amides is 1. The molecule has 2 unspecified atom stereocenters. The molecule has 0 saturated heterocycles. The van der Waals surface area contributed by atoms with Gasteiger partial charge in [-0.3, -0.25) is 24.7 Å². The van der Waals surface area contributed by atoms with Crippen LogP contribution in [-0.4, -0.2) is 36.9 Å². The van der Waals surface area contributed by atoms with Crippen LogP contribution in [-0.2, 0) is 12.8 Å². The molecule has 4 aromatic heterocycles. The highest BCUT2D eigenvalue weighted by Crippen LogP contribution is 2.31. The first-order chi connectivity index (χ1) is 19.6. The van der Waals surface area contributed by atoms with Gasteiger partial charge in [0.2, 0.25) is 0 Å². The summed E-state index contributed by atoms with van der Waals surface area (Å²) in [7, 11) is 0. The first kappa shape index (κ1) is 30.4. The number of rotatable bonds is 3. The Morgan fingerprint density at radius 1 is 0.829 bits per heavy atom. The van der Waals surface area contributed by atoms with Crippen molar-refractivity contribution < 1.29 is 14.7 Å². The number of carbonyl (C=O) groups excluding carboxylic acids is 1. The summed E-state index contributed by atoms with van der Waals surface area (Å²) in [4.78, 5) is 39.2. The maximum absolute atomic E-state index is 12.3. The number of hydrogen-bond donors (Lipinski definition) is 3. The van der Waals surface area contributed by atoms with Crippen LogP contribution in [0.2, 0.25) is 0 Å². The number of carbonyl (C=O) groups is 2. The molecule has 2 atom stereocenters. The number of nitrogens with two attached hydrogens (primary N) is 1. The first-order valence-electron chi connectivity index (χ1n) is 13.0. The minimum absolute atomic E-state index is 0.000860. The normalized spacial score (nSPS) is 16.3. The van der Waals surface area contributed by atoms with Crippen molar-refractivity contribution in [3.05, 3.63) is 115 Å². The van der Waals surface area contributed by atoms with Gasteiger partial charge in [-0.15, -0.1) is 0 Å². The molecular weight excluding hydrogens is 652 g/mol. The van der Waals surface area contributed by atoms with Crippen LogP contribution in [0.3, 0.4) is 0 Å². The maximum atomic E-state index is 12.3. The van der Waals surface area contributed by atoms with E-state index in [1.807, 2.05) is 13.1 Å². The number of nitrogens with one attached hydrogen (secondary N) is 1. The van der Waals surface area contributed by atoms with Gasteiger partial charge in [-0.2, -0.15) is 0 Å². The largest absolute Gasteiger partial charge is 0.478 e. The standard InChI is InChI=1S/C15H14BrN3O.C8H9BrN2.C7H7NO2/c1-9-6-11(4-5-17-9)15(20)19-13-3-2-10-7-12(16)8-18-14(10)13;9-6-3-5-1-2-7(10)8(5)11-4-6;1-5-4-6(7(9)10)2-3-8-5/h4-8,13H,2-3H2,1H3,(H,19,20);3-4,7H,1-2,10H2;2-4H,1H3,(H,9,10). The fraction of sp³-hybridized carbons (Fsp3) is 0.267. The zero-order chi connectivity index (χ0) is 29.5. The number of aromatic nitrogens is 4. The average molecular weight is 682 g/mol. The molecule has 4 aromatic rings. The van der Waals surface area contributed by atoms with E-state index in [1.54, 1.807) is 31.5 Å². The Balaban J connectivity index is 0.000000156. The Morgan fingerprint density at radius 2 is 1.37 bits per heavy atom. The molecule has 4 heterocycles. The van der Waals surface area contributed by atoms with Gasteiger partial charge in [-0.1, -0.05) is 0 Å². The van der Waals surface area contributed by atoms with Crippen LogP contribution < -0.4 is 11.1 Å². The van der Waals surface area contributed by atoms with Crippen LogP contribution in [0.25, 0.3) is 0 Å². The van der Waals surface area contributed by atoms with E-state index >= 15 is 0 Å². The second-order valence-corrected chi connectivity index (χ2v) is 11.6. The number of nitrogens with zero attached hydrogens (tertiary/aromatic N) is 4. The quantitative estimate of drug-likeness (QED) is 0.245. The summed E-state index contributed by atoms with van der Waals surface area (Å²) in [6, 6.07) is 10.9. The zero-order valence-electron chi connectivity index (χ0n) is 22.6. The lowest BCUT2D eigenvalue weighted by molar-refractivity contribution is 0.0696. The van der Waals surface area contributed by atoms with E-state index in [1.165, 1.54) is 29.5 Å². The summed E-state index contributed by atoms with van der Waals surface area (Å²) in [5.74, 6) is -0.983. The van der Waals surface area contributed by atoms with Gasteiger partial charge in [0.25, 0.3) is 5.91 Å². The molecule has 4 N–H and O–H groups in total. The maximum Gasteiger partial charge on any atom is 0.335 e. The van der Waals surface area contributed by atoms with Gasteiger partial charge in [0.15, 0.2) is 0 Å². The fourth-order valence-electron chi connectivity index (χ4n) is 4.66. The lowest BCUT2D eigenvalue weighted by Gasteiger charge is -2.13. The van der Waals surface area contributed by atoms with Crippen molar-refractivity contribution >= 4 is 43.7 Å². The van der Waals surface area contributed by atoms with Crippen molar-refractivity contribution in [1.82, 2.24) is 25.3 Å². The van der Waals surface area contributed by atoms with E-state index < -0.39 is 5.97 Å². The lowest BCUT2D eigenvalue weighted by Crippen LogP contribution is -2.27. The average Bonchev–Trinajstić information content (AvgIpc) is 3.51.